The van der Waals surface area contributed by atoms with Crippen LogP contribution in [0.2, 0.25) is 5.02 Å². The highest BCUT2D eigenvalue weighted by atomic mass is 35.5. The SMILES string of the molecule is CCOC(=O)C1CCN(Cc2cn3cc(Cl)ccc3n2)CC1. The second-order valence-electron chi connectivity index (χ2n) is 5.65. The Hall–Kier alpha value is -1.59. The summed E-state index contributed by atoms with van der Waals surface area (Å²) >= 11 is 5.99. The van der Waals surface area contributed by atoms with E-state index in [1.165, 1.54) is 0 Å². The molecule has 0 saturated carbocycles. The van der Waals surface area contributed by atoms with Crippen LogP contribution in [0.1, 0.15) is 25.5 Å². The van der Waals surface area contributed by atoms with Gasteiger partial charge in [-0.15, -0.1) is 0 Å². The molecule has 6 heteroatoms. The third kappa shape index (κ3) is 3.42. The number of carbonyl (C=O) groups is 1. The molecule has 0 bridgehead atoms. The molecule has 1 fully saturated rings. The van der Waals surface area contributed by atoms with Crippen LogP contribution in [0.15, 0.2) is 24.5 Å². The molecule has 2 aromatic heterocycles. The third-order valence-corrected chi connectivity index (χ3v) is 4.28. The Balaban J connectivity index is 1.58. The topological polar surface area (TPSA) is 46.8 Å². The fraction of sp³-hybridized carbons (Fsp3) is 0.500. The maximum Gasteiger partial charge on any atom is 0.309 e. The van der Waals surface area contributed by atoms with Crippen molar-refractivity contribution in [3.8, 4) is 0 Å². The number of nitrogens with zero attached hydrogens (tertiary/aromatic N) is 3. The molecule has 5 nitrogen and oxygen atoms in total. The van der Waals surface area contributed by atoms with Crippen molar-refractivity contribution in [1.82, 2.24) is 14.3 Å². The number of fused-ring (bicyclic) bond motifs is 1. The smallest absolute Gasteiger partial charge is 0.309 e. The highest BCUT2D eigenvalue weighted by Gasteiger charge is 2.26. The molecular formula is C16H20ClN3O2. The number of hydrogen-bond donors (Lipinski definition) is 0. The van der Waals surface area contributed by atoms with Gasteiger partial charge in [0.15, 0.2) is 0 Å². The number of piperidine rings is 1. The summed E-state index contributed by atoms with van der Waals surface area (Å²) in [7, 11) is 0. The van der Waals surface area contributed by atoms with Crippen molar-refractivity contribution < 1.29 is 9.53 Å². The van der Waals surface area contributed by atoms with Gasteiger partial charge in [0.1, 0.15) is 5.65 Å². The summed E-state index contributed by atoms with van der Waals surface area (Å²) in [5.41, 5.74) is 1.93. The Bertz CT molecular complexity index is 662. The summed E-state index contributed by atoms with van der Waals surface area (Å²) in [5.74, 6) is 0.000553. The maximum absolute atomic E-state index is 11.7. The number of likely N-dealkylation sites (tertiary alicyclic amines) is 1. The number of rotatable bonds is 4. The van der Waals surface area contributed by atoms with Crippen LogP contribution in [-0.4, -0.2) is 40.0 Å². The first-order valence-corrected chi connectivity index (χ1v) is 8.05. The standard InChI is InChI=1S/C16H20ClN3O2/c1-2-22-16(21)12-5-7-19(8-6-12)10-14-11-20-9-13(17)3-4-15(20)18-14/h3-4,9,11-12H,2,5-8,10H2,1H3. The summed E-state index contributed by atoms with van der Waals surface area (Å²) in [4.78, 5) is 18.7. The fourth-order valence-electron chi connectivity index (χ4n) is 2.91. The number of esters is 1. The molecule has 2 aromatic rings. The summed E-state index contributed by atoms with van der Waals surface area (Å²) < 4.78 is 7.05. The number of ether oxygens (including phenoxy) is 1. The van der Waals surface area contributed by atoms with Crippen molar-refractivity contribution in [2.75, 3.05) is 19.7 Å². The van der Waals surface area contributed by atoms with Gasteiger partial charge in [-0.05, 0) is 45.0 Å². The zero-order valence-electron chi connectivity index (χ0n) is 12.7. The lowest BCUT2D eigenvalue weighted by Gasteiger charge is -2.30. The summed E-state index contributed by atoms with van der Waals surface area (Å²) in [6, 6.07) is 3.76. The minimum absolute atomic E-state index is 0.0514. The van der Waals surface area contributed by atoms with Gasteiger partial charge >= 0.3 is 5.97 Å². The van der Waals surface area contributed by atoms with E-state index in [0.29, 0.717) is 11.6 Å². The van der Waals surface area contributed by atoms with Crippen LogP contribution in [0.4, 0.5) is 0 Å². The first-order valence-electron chi connectivity index (χ1n) is 7.68. The molecule has 0 aromatic carbocycles. The predicted octanol–water partition coefficient (Wildman–Crippen LogP) is 2.76. The summed E-state index contributed by atoms with van der Waals surface area (Å²) in [5, 5.41) is 0.701. The molecule has 3 heterocycles. The normalized spacial score (nSPS) is 17.0. The molecule has 0 radical (unpaired) electrons. The lowest BCUT2D eigenvalue weighted by molar-refractivity contribution is -0.149. The average molecular weight is 322 g/mol. The van der Waals surface area contributed by atoms with Gasteiger partial charge in [0.05, 0.1) is 23.2 Å². The van der Waals surface area contributed by atoms with E-state index >= 15 is 0 Å². The number of aromatic nitrogens is 2. The van der Waals surface area contributed by atoms with E-state index in [2.05, 4.69) is 9.88 Å². The van der Waals surface area contributed by atoms with E-state index in [1.807, 2.05) is 35.9 Å². The molecular weight excluding hydrogens is 302 g/mol. The molecule has 1 aliphatic rings. The van der Waals surface area contributed by atoms with Crippen LogP contribution in [0, 0.1) is 5.92 Å². The monoisotopic (exact) mass is 321 g/mol. The number of halogens is 1. The van der Waals surface area contributed by atoms with Crippen LogP contribution < -0.4 is 0 Å². The summed E-state index contributed by atoms with van der Waals surface area (Å²) in [6.45, 7) is 4.91. The Kier molecular flexibility index (Phi) is 4.64. The number of imidazole rings is 1. The molecule has 0 amide bonds. The molecule has 1 aliphatic heterocycles. The average Bonchev–Trinajstić information content (AvgIpc) is 2.89. The molecule has 0 aliphatic carbocycles. The van der Waals surface area contributed by atoms with Crippen LogP contribution in [0.5, 0.6) is 0 Å². The molecule has 22 heavy (non-hydrogen) atoms. The number of hydrogen-bond acceptors (Lipinski definition) is 4. The number of pyridine rings is 1. The zero-order chi connectivity index (χ0) is 15.5. The summed E-state index contributed by atoms with van der Waals surface area (Å²) in [6.07, 6.45) is 5.59. The van der Waals surface area contributed by atoms with Crippen LogP contribution in [0.25, 0.3) is 5.65 Å². The van der Waals surface area contributed by atoms with Gasteiger partial charge in [-0.2, -0.15) is 0 Å². The van der Waals surface area contributed by atoms with Crippen molar-refractivity contribution >= 4 is 23.2 Å². The first kappa shape index (κ1) is 15.3. The Morgan fingerprint density at radius 1 is 1.36 bits per heavy atom. The quantitative estimate of drug-likeness (QED) is 0.812. The molecule has 118 valence electrons. The second-order valence-corrected chi connectivity index (χ2v) is 6.08. The molecule has 3 rings (SSSR count). The lowest BCUT2D eigenvalue weighted by atomic mass is 9.97. The van der Waals surface area contributed by atoms with E-state index in [4.69, 9.17) is 16.3 Å². The first-order chi connectivity index (χ1) is 10.7. The third-order valence-electron chi connectivity index (χ3n) is 4.06. The van der Waals surface area contributed by atoms with Gasteiger partial charge in [0.25, 0.3) is 0 Å². The zero-order valence-corrected chi connectivity index (χ0v) is 13.4. The molecule has 0 unspecified atom stereocenters. The van der Waals surface area contributed by atoms with Gasteiger partial charge in [-0.3, -0.25) is 9.69 Å². The van der Waals surface area contributed by atoms with Crippen molar-refractivity contribution in [1.29, 1.82) is 0 Å². The minimum atomic E-state index is -0.0514. The van der Waals surface area contributed by atoms with Crippen molar-refractivity contribution in [3.05, 3.63) is 35.2 Å². The minimum Gasteiger partial charge on any atom is -0.466 e. The number of carbonyl (C=O) groups excluding carboxylic acids is 1. The predicted molar refractivity (Wildman–Crippen MR) is 84.8 cm³/mol. The van der Waals surface area contributed by atoms with E-state index in [1.54, 1.807) is 0 Å². The highest BCUT2D eigenvalue weighted by Crippen LogP contribution is 2.20. The fourth-order valence-corrected chi connectivity index (χ4v) is 3.08. The largest absolute Gasteiger partial charge is 0.466 e. The molecule has 0 atom stereocenters. The van der Waals surface area contributed by atoms with Gasteiger partial charge in [-0.25, -0.2) is 4.98 Å². The second kappa shape index (κ2) is 6.67. The maximum atomic E-state index is 11.7. The van der Waals surface area contributed by atoms with Crippen molar-refractivity contribution in [3.63, 3.8) is 0 Å². The van der Waals surface area contributed by atoms with E-state index < -0.39 is 0 Å². The van der Waals surface area contributed by atoms with Crippen molar-refractivity contribution in [2.24, 2.45) is 5.92 Å². The molecule has 0 N–H and O–H groups in total. The van der Waals surface area contributed by atoms with Gasteiger partial charge in [0.2, 0.25) is 0 Å². The van der Waals surface area contributed by atoms with Crippen LogP contribution >= 0.6 is 11.6 Å². The van der Waals surface area contributed by atoms with Crippen LogP contribution in [-0.2, 0) is 16.1 Å². The Morgan fingerprint density at radius 3 is 2.86 bits per heavy atom. The van der Waals surface area contributed by atoms with E-state index in [0.717, 1.165) is 43.8 Å². The van der Waals surface area contributed by atoms with E-state index in [-0.39, 0.29) is 11.9 Å². The lowest BCUT2D eigenvalue weighted by Crippen LogP contribution is -2.36. The highest BCUT2D eigenvalue weighted by molar-refractivity contribution is 6.30. The van der Waals surface area contributed by atoms with Gasteiger partial charge in [0, 0.05) is 18.9 Å². The Morgan fingerprint density at radius 2 is 2.14 bits per heavy atom. The van der Waals surface area contributed by atoms with E-state index in [9.17, 15) is 4.79 Å². The van der Waals surface area contributed by atoms with Gasteiger partial charge < -0.3 is 9.14 Å². The van der Waals surface area contributed by atoms with Gasteiger partial charge in [-0.1, -0.05) is 11.6 Å². The Labute approximate surface area is 134 Å². The molecule has 0 spiro atoms. The van der Waals surface area contributed by atoms with Crippen molar-refractivity contribution in [2.45, 2.75) is 26.3 Å². The van der Waals surface area contributed by atoms with Crippen LogP contribution in [0.3, 0.4) is 0 Å². The molecule has 1 saturated heterocycles.